The van der Waals surface area contributed by atoms with Crippen LogP contribution in [0.4, 0.5) is 17.6 Å². The minimum absolute atomic E-state index is 0.399. The quantitative estimate of drug-likeness (QED) is 0.899. The summed E-state index contributed by atoms with van der Waals surface area (Å²) in [5.41, 5.74) is 6.01. The van der Waals surface area contributed by atoms with E-state index in [9.17, 15) is 0 Å². The lowest BCUT2D eigenvalue weighted by molar-refractivity contribution is 0.312. The number of nitrogen functional groups attached to an aromatic ring is 1. The van der Waals surface area contributed by atoms with Crippen LogP contribution in [-0.4, -0.2) is 61.2 Å². The van der Waals surface area contributed by atoms with E-state index in [1.165, 1.54) is 38.5 Å². The fourth-order valence-electron chi connectivity index (χ4n) is 3.45. The van der Waals surface area contributed by atoms with Crippen LogP contribution in [0.1, 0.15) is 38.5 Å². The molecule has 2 aliphatic heterocycles. The maximum Gasteiger partial charge on any atom is 0.223 e. The summed E-state index contributed by atoms with van der Waals surface area (Å²) in [5.74, 6) is 2.39. The van der Waals surface area contributed by atoms with Crippen molar-refractivity contribution < 1.29 is 0 Å². The maximum absolute atomic E-state index is 6.01. The van der Waals surface area contributed by atoms with Gasteiger partial charge in [-0.2, -0.15) is 9.97 Å². The molecule has 0 bridgehead atoms. The number of piperazine rings is 1. The average molecular weight is 318 g/mol. The molecule has 0 amide bonds. The molecule has 2 fully saturated rings. The van der Waals surface area contributed by atoms with E-state index in [-0.39, 0.29) is 0 Å². The molecule has 6 nitrogen and oxygen atoms in total. The summed E-state index contributed by atoms with van der Waals surface area (Å²) >= 11 is 0. The largest absolute Gasteiger partial charge is 0.368 e. The summed E-state index contributed by atoms with van der Waals surface area (Å²) in [4.78, 5) is 16.1. The van der Waals surface area contributed by atoms with Gasteiger partial charge in [-0.1, -0.05) is 25.7 Å². The van der Waals surface area contributed by atoms with Gasteiger partial charge in [0.1, 0.15) is 11.6 Å². The van der Waals surface area contributed by atoms with Crippen LogP contribution in [0.3, 0.4) is 0 Å². The standard InChI is InChI=1S/C17H30N6/c1-21-10-12-23(13-11-21)16-14-15(19-17(18)20-16)22-8-6-4-2-3-5-7-9-22/h14H,2-13H2,1H3,(H2,18,19,20). The molecule has 0 aliphatic carbocycles. The molecule has 2 saturated heterocycles. The molecule has 0 aromatic carbocycles. The summed E-state index contributed by atoms with van der Waals surface area (Å²) < 4.78 is 0. The van der Waals surface area contributed by atoms with Crippen molar-refractivity contribution in [3.8, 4) is 0 Å². The summed E-state index contributed by atoms with van der Waals surface area (Å²) in [7, 11) is 2.17. The van der Waals surface area contributed by atoms with Gasteiger partial charge in [-0.15, -0.1) is 0 Å². The lowest BCUT2D eigenvalue weighted by Crippen LogP contribution is -2.45. The number of rotatable bonds is 2. The first-order valence-corrected chi connectivity index (χ1v) is 9.05. The van der Waals surface area contributed by atoms with Gasteiger partial charge in [0.05, 0.1) is 0 Å². The minimum Gasteiger partial charge on any atom is -0.368 e. The molecular weight excluding hydrogens is 288 g/mol. The van der Waals surface area contributed by atoms with Gasteiger partial charge in [-0.3, -0.25) is 0 Å². The number of nitrogens with two attached hydrogens (primary N) is 1. The van der Waals surface area contributed by atoms with E-state index in [0.29, 0.717) is 5.95 Å². The Morgan fingerprint density at radius 3 is 1.78 bits per heavy atom. The lowest BCUT2D eigenvalue weighted by Gasteiger charge is -2.34. The molecule has 3 rings (SSSR count). The second-order valence-electron chi connectivity index (χ2n) is 6.84. The highest BCUT2D eigenvalue weighted by atomic mass is 15.3. The Morgan fingerprint density at radius 1 is 0.739 bits per heavy atom. The molecule has 2 aliphatic rings. The third kappa shape index (κ3) is 4.47. The first kappa shape index (κ1) is 16.3. The first-order valence-electron chi connectivity index (χ1n) is 9.05. The number of hydrogen-bond acceptors (Lipinski definition) is 6. The van der Waals surface area contributed by atoms with Crippen LogP contribution in [0.15, 0.2) is 6.07 Å². The molecule has 6 heteroatoms. The number of likely N-dealkylation sites (N-methyl/N-ethyl adjacent to an activating group) is 1. The van der Waals surface area contributed by atoms with Crippen molar-refractivity contribution >= 4 is 17.6 Å². The molecule has 0 spiro atoms. The van der Waals surface area contributed by atoms with Gasteiger partial charge in [0.15, 0.2) is 0 Å². The Balaban J connectivity index is 1.75. The summed E-state index contributed by atoms with van der Waals surface area (Å²) in [5, 5.41) is 0. The van der Waals surface area contributed by atoms with Crippen LogP contribution in [0.25, 0.3) is 0 Å². The Morgan fingerprint density at radius 2 is 1.22 bits per heavy atom. The van der Waals surface area contributed by atoms with Crippen LogP contribution in [0.5, 0.6) is 0 Å². The zero-order chi connectivity index (χ0) is 16.1. The summed E-state index contributed by atoms with van der Waals surface area (Å²) in [6, 6.07) is 2.14. The van der Waals surface area contributed by atoms with E-state index in [4.69, 9.17) is 5.73 Å². The molecular formula is C17H30N6. The van der Waals surface area contributed by atoms with Crippen molar-refractivity contribution in [2.45, 2.75) is 38.5 Å². The van der Waals surface area contributed by atoms with Crippen LogP contribution in [0, 0.1) is 0 Å². The molecule has 1 aromatic heterocycles. The Bertz CT molecular complexity index is 488. The summed E-state index contributed by atoms with van der Waals surface area (Å²) in [6.45, 7) is 6.32. The second kappa shape index (κ2) is 7.81. The van der Waals surface area contributed by atoms with E-state index in [0.717, 1.165) is 50.9 Å². The van der Waals surface area contributed by atoms with Crippen molar-refractivity contribution in [3.63, 3.8) is 0 Å². The predicted molar refractivity (Wildman–Crippen MR) is 96.1 cm³/mol. The van der Waals surface area contributed by atoms with E-state index < -0.39 is 0 Å². The molecule has 3 heterocycles. The van der Waals surface area contributed by atoms with Crippen molar-refractivity contribution in [1.82, 2.24) is 14.9 Å². The Kier molecular flexibility index (Phi) is 5.54. The third-order valence-electron chi connectivity index (χ3n) is 4.97. The highest BCUT2D eigenvalue weighted by molar-refractivity contribution is 5.54. The first-order chi connectivity index (χ1) is 11.2. The number of anilines is 3. The SMILES string of the molecule is CN1CCN(c2cc(N3CCCCCCCC3)nc(N)n2)CC1. The van der Waals surface area contributed by atoms with E-state index >= 15 is 0 Å². The second-order valence-corrected chi connectivity index (χ2v) is 6.84. The number of aromatic nitrogens is 2. The van der Waals surface area contributed by atoms with Gasteiger partial charge in [-0.05, 0) is 19.9 Å². The van der Waals surface area contributed by atoms with Crippen LogP contribution < -0.4 is 15.5 Å². The molecule has 128 valence electrons. The van der Waals surface area contributed by atoms with Crippen LogP contribution in [0.2, 0.25) is 0 Å². The third-order valence-corrected chi connectivity index (χ3v) is 4.97. The number of nitrogens with zero attached hydrogens (tertiary/aromatic N) is 5. The molecule has 0 saturated carbocycles. The zero-order valence-corrected chi connectivity index (χ0v) is 14.4. The molecule has 23 heavy (non-hydrogen) atoms. The highest BCUT2D eigenvalue weighted by Gasteiger charge is 2.18. The molecule has 2 N–H and O–H groups in total. The number of hydrogen-bond donors (Lipinski definition) is 1. The van der Waals surface area contributed by atoms with Crippen molar-refractivity contribution in [3.05, 3.63) is 6.07 Å². The Hall–Kier alpha value is -1.56. The fraction of sp³-hybridized carbons (Fsp3) is 0.765. The zero-order valence-electron chi connectivity index (χ0n) is 14.4. The van der Waals surface area contributed by atoms with Gasteiger partial charge in [-0.25, -0.2) is 0 Å². The van der Waals surface area contributed by atoms with E-state index in [1.807, 2.05) is 0 Å². The normalized spacial score (nSPS) is 21.6. The summed E-state index contributed by atoms with van der Waals surface area (Å²) in [6.07, 6.45) is 7.87. The fourth-order valence-corrected chi connectivity index (χ4v) is 3.45. The smallest absolute Gasteiger partial charge is 0.223 e. The molecule has 0 unspecified atom stereocenters. The predicted octanol–water partition coefficient (Wildman–Crippen LogP) is 1.97. The van der Waals surface area contributed by atoms with Crippen molar-refractivity contribution in [2.24, 2.45) is 0 Å². The van der Waals surface area contributed by atoms with Gasteiger partial charge in [0, 0.05) is 45.3 Å². The van der Waals surface area contributed by atoms with Crippen LogP contribution in [-0.2, 0) is 0 Å². The van der Waals surface area contributed by atoms with E-state index in [2.05, 4.69) is 37.8 Å². The topological polar surface area (TPSA) is 61.5 Å². The van der Waals surface area contributed by atoms with Crippen molar-refractivity contribution in [1.29, 1.82) is 0 Å². The minimum atomic E-state index is 0.399. The average Bonchev–Trinajstić information content (AvgIpc) is 2.68. The maximum atomic E-state index is 6.01. The molecule has 1 aromatic rings. The monoisotopic (exact) mass is 318 g/mol. The lowest BCUT2D eigenvalue weighted by atomic mass is 10.1. The van der Waals surface area contributed by atoms with Gasteiger partial charge in [0.25, 0.3) is 0 Å². The molecule has 0 radical (unpaired) electrons. The van der Waals surface area contributed by atoms with E-state index in [1.54, 1.807) is 0 Å². The highest BCUT2D eigenvalue weighted by Crippen LogP contribution is 2.23. The molecule has 0 atom stereocenters. The Labute approximate surface area is 139 Å². The van der Waals surface area contributed by atoms with Gasteiger partial charge < -0.3 is 20.4 Å². The van der Waals surface area contributed by atoms with Crippen molar-refractivity contribution in [2.75, 3.05) is 61.8 Å². The van der Waals surface area contributed by atoms with Gasteiger partial charge >= 0.3 is 0 Å². The van der Waals surface area contributed by atoms with Gasteiger partial charge in [0.2, 0.25) is 5.95 Å². The van der Waals surface area contributed by atoms with Crippen LogP contribution >= 0.6 is 0 Å².